The monoisotopic (exact) mass is 381 g/mol. The molecule has 0 spiro atoms. The predicted molar refractivity (Wildman–Crippen MR) is 102 cm³/mol. The Bertz CT molecular complexity index is 984. The smallest absolute Gasteiger partial charge is 0.271 e. The highest BCUT2D eigenvalue weighted by molar-refractivity contribution is 7.08. The molecule has 0 unspecified atom stereocenters. The number of aliphatic hydroxyl groups is 1. The second kappa shape index (κ2) is 6.21. The highest BCUT2D eigenvalue weighted by atomic mass is 32.1. The molecule has 2 N–H and O–H groups in total. The number of fused-ring (bicyclic) bond motifs is 3. The zero-order chi connectivity index (χ0) is 18.4. The molecule has 1 amide bonds. The Morgan fingerprint density at radius 2 is 2.30 bits per heavy atom. The van der Waals surface area contributed by atoms with Gasteiger partial charge in [-0.05, 0) is 29.1 Å². The van der Waals surface area contributed by atoms with Crippen molar-refractivity contribution in [3.63, 3.8) is 0 Å². The second-order valence-electron chi connectivity index (χ2n) is 7.26. The molecule has 1 fully saturated rings. The molecule has 7 heteroatoms. The highest BCUT2D eigenvalue weighted by Crippen LogP contribution is 2.49. The van der Waals surface area contributed by atoms with Gasteiger partial charge in [-0.15, -0.1) is 0 Å². The number of para-hydroxylation sites is 1. The van der Waals surface area contributed by atoms with E-state index >= 15 is 0 Å². The number of ether oxygens (including phenoxy) is 1. The van der Waals surface area contributed by atoms with E-state index in [0.29, 0.717) is 25.4 Å². The van der Waals surface area contributed by atoms with Gasteiger partial charge in [0.15, 0.2) is 0 Å². The van der Waals surface area contributed by atoms with Crippen molar-refractivity contribution >= 4 is 17.2 Å². The third kappa shape index (κ3) is 2.57. The molecule has 0 bridgehead atoms. The summed E-state index contributed by atoms with van der Waals surface area (Å²) < 4.78 is 5.90. The number of aromatic nitrogens is 2. The van der Waals surface area contributed by atoms with Crippen molar-refractivity contribution in [2.24, 2.45) is 5.41 Å². The molecule has 1 saturated heterocycles. The Morgan fingerprint density at radius 1 is 1.41 bits per heavy atom. The largest absolute Gasteiger partial charge is 0.493 e. The summed E-state index contributed by atoms with van der Waals surface area (Å²) in [4.78, 5) is 14.9. The number of amides is 1. The lowest BCUT2D eigenvalue weighted by Gasteiger charge is -2.37. The van der Waals surface area contributed by atoms with Crippen molar-refractivity contribution in [2.75, 3.05) is 26.3 Å². The van der Waals surface area contributed by atoms with E-state index in [1.807, 2.05) is 41.1 Å². The molecule has 3 aromatic rings. The van der Waals surface area contributed by atoms with Gasteiger partial charge >= 0.3 is 0 Å². The fourth-order valence-electron chi connectivity index (χ4n) is 4.18. The molecule has 27 heavy (non-hydrogen) atoms. The maximum atomic E-state index is 13.1. The molecule has 138 valence electrons. The average molecular weight is 381 g/mol. The van der Waals surface area contributed by atoms with Gasteiger partial charge in [0.25, 0.3) is 5.91 Å². The van der Waals surface area contributed by atoms with E-state index in [1.165, 1.54) is 0 Å². The van der Waals surface area contributed by atoms with Crippen molar-refractivity contribution in [3.8, 4) is 17.0 Å². The molecule has 2 aliphatic rings. The highest BCUT2D eigenvalue weighted by Gasteiger charge is 2.52. The van der Waals surface area contributed by atoms with Crippen LogP contribution in [-0.2, 0) is 0 Å². The van der Waals surface area contributed by atoms with Crippen LogP contribution in [-0.4, -0.2) is 52.4 Å². The molecule has 2 aromatic heterocycles. The van der Waals surface area contributed by atoms with Crippen LogP contribution in [0.25, 0.3) is 11.3 Å². The number of carbonyl (C=O) groups excluding carboxylic acids is 1. The van der Waals surface area contributed by atoms with Crippen LogP contribution in [0.1, 0.15) is 22.0 Å². The van der Waals surface area contributed by atoms with Gasteiger partial charge in [-0.1, -0.05) is 18.2 Å². The first kappa shape index (κ1) is 16.5. The van der Waals surface area contributed by atoms with Crippen LogP contribution in [0.5, 0.6) is 5.75 Å². The van der Waals surface area contributed by atoms with Crippen LogP contribution in [0.2, 0.25) is 0 Å². The minimum Gasteiger partial charge on any atom is -0.493 e. The molecule has 0 radical (unpaired) electrons. The minimum absolute atomic E-state index is 0.0150. The predicted octanol–water partition coefficient (Wildman–Crippen LogP) is 2.75. The van der Waals surface area contributed by atoms with E-state index < -0.39 is 5.41 Å². The van der Waals surface area contributed by atoms with Gasteiger partial charge in [0.2, 0.25) is 0 Å². The number of aromatic amines is 1. The van der Waals surface area contributed by atoms with Crippen LogP contribution in [0.4, 0.5) is 0 Å². The normalized spacial score (nSPS) is 23.6. The van der Waals surface area contributed by atoms with E-state index in [2.05, 4.69) is 10.2 Å². The number of aliphatic hydroxyl groups excluding tert-OH is 1. The Hall–Kier alpha value is -2.64. The topological polar surface area (TPSA) is 78.5 Å². The number of nitrogens with one attached hydrogen (secondary N) is 1. The van der Waals surface area contributed by atoms with Crippen molar-refractivity contribution < 1.29 is 14.6 Å². The first-order valence-corrected chi connectivity index (χ1v) is 9.84. The number of carbonyl (C=O) groups is 1. The molecular weight excluding hydrogens is 362 g/mol. The lowest BCUT2D eigenvalue weighted by atomic mass is 9.74. The summed E-state index contributed by atoms with van der Waals surface area (Å²) in [5.74, 6) is 0.821. The van der Waals surface area contributed by atoms with E-state index in [-0.39, 0.29) is 18.4 Å². The van der Waals surface area contributed by atoms with Crippen molar-refractivity contribution in [1.82, 2.24) is 15.1 Å². The van der Waals surface area contributed by atoms with E-state index in [4.69, 9.17) is 4.74 Å². The Kier molecular flexibility index (Phi) is 3.80. The first-order valence-electron chi connectivity index (χ1n) is 8.90. The van der Waals surface area contributed by atoms with E-state index in [0.717, 1.165) is 22.6 Å². The van der Waals surface area contributed by atoms with E-state index in [9.17, 15) is 9.90 Å². The summed E-state index contributed by atoms with van der Waals surface area (Å²) >= 11 is 1.60. The van der Waals surface area contributed by atoms with Crippen LogP contribution in [0.3, 0.4) is 0 Å². The zero-order valence-electron chi connectivity index (χ0n) is 14.6. The van der Waals surface area contributed by atoms with E-state index in [1.54, 1.807) is 22.3 Å². The number of nitrogens with zero attached hydrogens (tertiary/aromatic N) is 2. The molecule has 1 aromatic carbocycles. The number of benzene rings is 1. The minimum atomic E-state index is -0.458. The molecule has 0 aliphatic carbocycles. The van der Waals surface area contributed by atoms with Gasteiger partial charge in [-0.2, -0.15) is 16.4 Å². The summed E-state index contributed by atoms with van der Waals surface area (Å²) in [6.07, 6.45) is 0. The van der Waals surface area contributed by atoms with Crippen molar-refractivity contribution in [3.05, 3.63) is 58.4 Å². The van der Waals surface area contributed by atoms with Gasteiger partial charge in [0.05, 0.1) is 24.3 Å². The zero-order valence-corrected chi connectivity index (χ0v) is 15.4. The molecule has 5 rings (SSSR count). The number of thiophene rings is 1. The molecule has 0 saturated carbocycles. The van der Waals surface area contributed by atoms with Crippen LogP contribution in [0, 0.1) is 5.41 Å². The average Bonchev–Trinajstić information content (AvgIpc) is 3.46. The number of rotatable bonds is 3. The molecule has 2 aliphatic heterocycles. The molecular formula is C20H19N3O3S. The lowest BCUT2D eigenvalue weighted by Crippen LogP contribution is -2.42. The summed E-state index contributed by atoms with van der Waals surface area (Å²) in [5.41, 5.74) is 2.84. The van der Waals surface area contributed by atoms with Gasteiger partial charge in [-0.25, -0.2) is 0 Å². The second-order valence-corrected chi connectivity index (χ2v) is 8.04. The SMILES string of the molecule is O=C(c1cc(-c2ccsc2)n[nH]1)N1C[C@@H]2c3ccccc3OC[C@]2(CO)C1. The summed E-state index contributed by atoms with van der Waals surface area (Å²) in [5, 5.41) is 21.3. The Balaban J connectivity index is 1.43. The third-order valence-corrected chi connectivity index (χ3v) is 6.37. The summed E-state index contributed by atoms with van der Waals surface area (Å²) in [6.45, 7) is 1.43. The fourth-order valence-corrected chi connectivity index (χ4v) is 4.83. The maximum absolute atomic E-state index is 13.1. The number of likely N-dealkylation sites (tertiary alicyclic amines) is 1. The Labute approximate surface area is 160 Å². The number of hydrogen-bond acceptors (Lipinski definition) is 5. The van der Waals surface area contributed by atoms with Crippen LogP contribution in [0.15, 0.2) is 47.2 Å². The van der Waals surface area contributed by atoms with Crippen molar-refractivity contribution in [2.45, 2.75) is 5.92 Å². The third-order valence-electron chi connectivity index (χ3n) is 5.68. The van der Waals surface area contributed by atoms with Gasteiger partial charge < -0.3 is 14.7 Å². The summed E-state index contributed by atoms with van der Waals surface area (Å²) in [7, 11) is 0. The number of hydrogen-bond donors (Lipinski definition) is 2. The Morgan fingerprint density at radius 3 is 3.11 bits per heavy atom. The number of H-pyrrole nitrogens is 1. The van der Waals surface area contributed by atoms with Crippen molar-refractivity contribution in [1.29, 1.82) is 0 Å². The lowest BCUT2D eigenvalue weighted by molar-refractivity contribution is 0.0439. The maximum Gasteiger partial charge on any atom is 0.271 e. The molecule has 6 nitrogen and oxygen atoms in total. The molecule has 4 heterocycles. The van der Waals surface area contributed by atoms with Crippen LogP contribution < -0.4 is 4.74 Å². The summed E-state index contributed by atoms with van der Waals surface area (Å²) in [6, 6.07) is 11.7. The quantitative estimate of drug-likeness (QED) is 0.731. The van der Waals surface area contributed by atoms with Crippen LogP contribution >= 0.6 is 11.3 Å². The first-order chi connectivity index (χ1) is 13.2. The van der Waals surface area contributed by atoms with Gasteiger partial charge in [-0.3, -0.25) is 9.89 Å². The van der Waals surface area contributed by atoms with Gasteiger partial charge in [0.1, 0.15) is 11.4 Å². The standard InChI is InChI=1S/C20H19N3O3S/c24-11-20-10-23(8-15(20)14-3-1-2-4-18(14)26-12-20)19(25)17-7-16(21-22-17)13-5-6-27-9-13/h1-7,9,15,24H,8,10-12H2,(H,21,22)/t15-,20-/m1/s1. The molecule has 2 atom stereocenters. The fraction of sp³-hybridized carbons (Fsp3) is 0.300. The van der Waals surface area contributed by atoms with Gasteiger partial charge in [0, 0.05) is 30.0 Å².